The predicted molar refractivity (Wildman–Crippen MR) is 62.3 cm³/mol. The van der Waals surface area contributed by atoms with E-state index < -0.39 is 0 Å². The van der Waals surface area contributed by atoms with Crippen LogP contribution in [-0.4, -0.2) is 0 Å². The molecule has 0 aromatic heterocycles. The molecule has 14 heavy (non-hydrogen) atoms. The molecule has 0 saturated heterocycles. The predicted octanol–water partition coefficient (Wildman–Crippen LogP) is 3.44. The van der Waals surface area contributed by atoms with Gasteiger partial charge in [-0.3, -0.25) is 0 Å². The molecule has 78 valence electrons. The van der Waals surface area contributed by atoms with Gasteiger partial charge >= 0.3 is 0 Å². The van der Waals surface area contributed by atoms with E-state index in [1.807, 2.05) is 0 Å². The minimum atomic E-state index is 0.205. The lowest BCUT2D eigenvalue weighted by Gasteiger charge is -2.10. The van der Waals surface area contributed by atoms with Gasteiger partial charge in [0.1, 0.15) is 0 Å². The Morgan fingerprint density at radius 3 is 2.71 bits per heavy atom. The molecule has 1 atom stereocenters. The molecule has 1 aromatic rings. The number of rotatable bonds is 5. The zero-order chi connectivity index (χ0) is 10.4. The van der Waals surface area contributed by atoms with Crippen LogP contribution in [0.5, 0.6) is 0 Å². The van der Waals surface area contributed by atoms with Crippen LogP contribution in [0, 0.1) is 0 Å². The summed E-state index contributed by atoms with van der Waals surface area (Å²) in [5.41, 5.74) is 8.69. The minimum absolute atomic E-state index is 0.205. The molecule has 1 nitrogen and oxygen atoms in total. The second-order valence-corrected chi connectivity index (χ2v) is 3.86. The van der Waals surface area contributed by atoms with E-state index >= 15 is 0 Å². The van der Waals surface area contributed by atoms with E-state index in [4.69, 9.17) is 5.73 Å². The quantitative estimate of drug-likeness (QED) is 0.758. The fourth-order valence-corrected chi connectivity index (χ4v) is 1.60. The molecule has 0 radical (unpaired) electrons. The van der Waals surface area contributed by atoms with Crippen LogP contribution in [0.2, 0.25) is 0 Å². The lowest BCUT2D eigenvalue weighted by molar-refractivity contribution is 0.695. The van der Waals surface area contributed by atoms with Crippen molar-refractivity contribution in [2.24, 2.45) is 5.73 Å². The molecule has 1 aromatic carbocycles. The van der Waals surface area contributed by atoms with E-state index in [9.17, 15) is 0 Å². The maximum atomic E-state index is 5.99. The Morgan fingerprint density at radius 2 is 2.07 bits per heavy atom. The lowest BCUT2D eigenvalue weighted by atomic mass is 10.0. The topological polar surface area (TPSA) is 26.0 Å². The van der Waals surface area contributed by atoms with Crippen LogP contribution in [0.4, 0.5) is 0 Å². The summed E-state index contributed by atoms with van der Waals surface area (Å²) in [6.07, 6.45) is 4.72. The zero-order valence-corrected chi connectivity index (χ0v) is 9.29. The molecule has 0 amide bonds. The summed E-state index contributed by atoms with van der Waals surface area (Å²) in [4.78, 5) is 0. The standard InChI is InChI=1S/C13H21N/c1-3-5-7-11-8-6-9-12(10-11)13(14)4-2/h6,8-10,13H,3-5,7,14H2,1-2H3. The average Bonchev–Trinajstić information content (AvgIpc) is 2.25. The van der Waals surface area contributed by atoms with E-state index in [0.29, 0.717) is 0 Å². The van der Waals surface area contributed by atoms with Crippen molar-refractivity contribution in [2.45, 2.75) is 45.6 Å². The van der Waals surface area contributed by atoms with Crippen LogP contribution < -0.4 is 5.73 Å². The molecule has 0 aliphatic carbocycles. The maximum Gasteiger partial charge on any atom is 0.0292 e. The molecule has 0 aliphatic rings. The first-order chi connectivity index (χ1) is 6.77. The van der Waals surface area contributed by atoms with Gasteiger partial charge in [0.15, 0.2) is 0 Å². The van der Waals surface area contributed by atoms with Crippen molar-refractivity contribution < 1.29 is 0 Å². The molecule has 1 heteroatoms. The van der Waals surface area contributed by atoms with Crippen LogP contribution in [0.25, 0.3) is 0 Å². The van der Waals surface area contributed by atoms with Crippen molar-refractivity contribution in [3.63, 3.8) is 0 Å². The Bertz CT molecular complexity index is 268. The number of hydrogen-bond donors (Lipinski definition) is 1. The molecule has 0 saturated carbocycles. The van der Waals surface area contributed by atoms with Gasteiger partial charge in [-0.1, -0.05) is 44.5 Å². The van der Waals surface area contributed by atoms with E-state index in [-0.39, 0.29) is 6.04 Å². The van der Waals surface area contributed by atoms with E-state index in [0.717, 1.165) is 6.42 Å². The van der Waals surface area contributed by atoms with Gasteiger partial charge in [-0.25, -0.2) is 0 Å². The van der Waals surface area contributed by atoms with E-state index in [2.05, 4.69) is 38.1 Å². The van der Waals surface area contributed by atoms with Gasteiger partial charge in [0.25, 0.3) is 0 Å². The highest BCUT2D eigenvalue weighted by Gasteiger charge is 2.03. The van der Waals surface area contributed by atoms with Gasteiger partial charge in [0.2, 0.25) is 0 Å². The Morgan fingerprint density at radius 1 is 1.29 bits per heavy atom. The summed E-state index contributed by atoms with van der Waals surface area (Å²) in [7, 11) is 0. The molecular formula is C13H21N. The normalized spacial score (nSPS) is 12.8. The van der Waals surface area contributed by atoms with Crippen molar-refractivity contribution >= 4 is 0 Å². The van der Waals surface area contributed by atoms with Gasteiger partial charge in [0.05, 0.1) is 0 Å². The molecule has 0 spiro atoms. The summed E-state index contributed by atoms with van der Waals surface area (Å²) in [6.45, 7) is 4.35. The third-order valence-corrected chi connectivity index (χ3v) is 2.64. The number of aryl methyl sites for hydroxylation is 1. The molecule has 0 heterocycles. The number of unbranched alkanes of at least 4 members (excludes halogenated alkanes) is 1. The molecule has 2 N–H and O–H groups in total. The highest BCUT2D eigenvalue weighted by molar-refractivity contribution is 5.25. The smallest absolute Gasteiger partial charge is 0.0292 e. The first-order valence-electron chi connectivity index (χ1n) is 5.62. The fourth-order valence-electron chi connectivity index (χ4n) is 1.60. The van der Waals surface area contributed by atoms with E-state index in [1.54, 1.807) is 0 Å². The van der Waals surface area contributed by atoms with Gasteiger partial charge in [-0.15, -0.1) is 0 Å². The molecule has 0 fully saturated rings. The van der Waals surface area contributed by atoms with Crippen LogP contribution in [0.1, 0.15) is 50.3 Å². The highest BCUT2D eigenvalue weighted by atomic mass is 14.6. The number of hydrogen-bond acceptors (Lipinski definition) is 1. The summed E-state index contributed by atoms with van der Waals surface area (Å²) in [5, 5.41) is 0. The van der Waals surface area contributed by atoms with Crippen molar-refractivity contribution in [1.82, 2.24) is 0 Å². The van der Waals surface area contributed by atoms with Gasteiger partial charge in [0, 0.05) is 6.04 Å². The van der Waals surface area contributed by atoms with E-state index in [1.165, 1.54) is 30.4 Å². The second-order valence-electron chi connectivity index (χ2n) is 3.86. The SMILES string of the molecule is CCCCc1cccc(C(N)CC)c1. The number of nitrogens with two attached hydrogens (primary N) is 1. The average molecular weight is 191 g/mol. The maximum absolute atomic E-state index is 5.99. The minimum Gasteiger partial charge on any atom is -0.324 e. The third-order valence-electron chi connectivity index (χ3n) is 2.64. The van der Waals surface area contributed by atoms with Crippen LogP contribution in [0.3, 0.4) is 0 Å². The summed E-state index contributed by atoms with van der Waals surface area (Å²) >= 11 is 0. The Balaban J connectivity index is 2.68. The zero-order valence-electron chi connectivity index (χ0n) is 9.29. The largest absolute Gasteiger partial charge is 0.324 e. The van der Waals surface area contributed by atoms with Crippen LogP contribution in [-0.2, 0) is 6.42 Å². The van der Waals surface area contributed by atoms with Gasteiger partial charge in [-0.2, -0.15) is 0 Å². The van der Waals surface area contributed by atoms with Crippen molar-refractivity contribution in [3.05, 3.63) is 35.4 Å². The molecule has 0 bridgehead atoms. The monoisotopic (exact) mass is 191 g/mol. The first-order valence-corrected chi connectivity index (χ1v) is 5.62. The second kappa shape index (κ2) is 5.82. The number of benzene rings is 1. The van der Waals surface area contributed by atoms with Crippen molar-refractivity contribution in [3.8, 4) is 0 Å². The molecule has 1 rings (SSSR count). The third kappa shape index (κ3) is 3.15. The first kappa shape index (κ1) is 11.3. The molecular weight excluding hydrogens is 170 g/mol. The summed E-state index contributed by atoms with van der Waals surface area (Å²) in [5.74, 6) is 0. The molecule has 1 unspecified atom stereocenters. The highest BCUT2D eigenvalue weighted by Crippen LogP contribution is 2.16. The summed E-state index contributed by atoms with van der Waals surface area (Å²) in [6, 6.07) is 8.90. The lowest BCUT2D eigenvalue weighted by Crippen LogP contribution is -2.08. The molecule has 0 aliphatic heterocycles. The van der Waals surface area contributed by atoms with Crippen LogP contribution >= 0.6 is 0 Å². The summed E-state index contributed by atoms with van der Waals surface area (Å²) < 4.78 is 0. The van der Waals surface area contributed by atoms with Gasteiger partial charge < -0.3 is 5.73 Å². The van der Waals surface area contributed by atoms with Crippen LogP contribution in [0.15, 0.2) is 24.3 Å². The Labute approximate surface area is 87.3 Å². The Hall–Kier alpha value is -0.820. The van der Waals surface area contributed by atoms with Gasteiger partial charge in [-0.05, 0) is 30.4 Å². The van der Waals surface area contributed by atoms with Crippen molar-refractivity contribution in [1.29, 1.82) is 0 Å². The Kier molecular flexibility index (Phi) is 4.68. The van der Waals surface area contributed by atoms with Crippen molar-refractivity contribution in [2.75, 3.05) is 0 Å². The fraction of sp³-hybridized carbons (Fsp3) is 0.538.